The van der Waals surface area contributed by atoms with Crippen LogP contribution < -0.4 is 4.90 Å². The number of fused-ring (bicyclic) bond motifs is 1. The van der Waals surface area contributed by atoms with Crippen LogP contribution in [0.1, 0.15) is 9.67 Å². The van der Waals surface area contributed by atoms with Crippen LogP contribution in [0.15, 0.2) is 48.5 Å². The van der Waals surface area contributed by atoms with E-state index in [1.807, 2.05) is 4.90 Å². The summed E-state index contributed by atoms with van der Waals surface area (Å²) >= 11 is 1.12. The van der Waals surface area contributed by atoms with E-state index in [4.69, 9.17) is 4.74 Å². The number of nitro groups is 1. The Bertz CT molecular complexity index is 1140. The maximum atomic E-state index is 13.8. The Morgan fingerprint density at radius 1 is 1.10 bits per heavy atom. The van der Waals surface area contributed by atoms with Gasteiger partial charge in [-0.25, -0.2) is 9.18 Å². The van der Waals surface area contributed by atoms with E-state index in [0.717, 1.165) is 17.0 Å². The molecule has 1 aliphatic heterocycles. The Labute approximate surface area is 180 Å². The molecule has 1 saturated heterocycles. The Morgan fingerprint density at radius 2 is 1.81 bits per heavy atom. The maximum Gasteiger partial charge on any atom is 0.348 e. The van der Waals surface area contributed by atoms with Crippen molar-refractivity contribution in [2.75, 3.05) is 37.7 Å². The summed E-state index contributed by atoms with van der Waals surface area (Å²) in [6.45, 7) is 1.64. The lowest BCUT2D eigenvalue weighted by Gasteiger charge is -2.36. The van der Waals surface area contributed by atoms with Crippen LogP contribution in [-0.4, -0.2) is 54.5 Å². The van der Waals surface area contributed by atoms with Crippen molar-refractivity contribution < 1.29 is 23.6 Å². The minimum Gasteiger partial charge on any atom is -0.451 e. The number of carbonyl (C=O) groups excluding carboxylic acids is 2. The smallest absolute Gasteiger partial charge is 0.348 e. The Kier molecular flexibility index (Phi) is 5.81. The van der Waals surface area contributed by atoms with Gasteiger partial charge in [-0.05, 0) is 30.3 Å². The molecular weight excluding hydrogens is 425 g/mol. The van der Waals surface area contributed by atoms with Gasteiger partial charge in [0, 0.05) is 54.1 Å². The molecule has 0 atom stereocenters. The molecule has 1 fully saturated rings. The number of anilines is 1. The Balaban J connectivity index is 1.29. The molecule has 1 aliphatic rings. The molecule has 31 heavy (non-hydrogen) atoms. The van der Waals surface area contributed by atoms with Crippen molar-refractivity contribution >= 4 is 44.7 Å². The highest BCUT2D eigenvalue weighted by Crippen LogP contribution is 2.28. The number of benzene rings is 2. The minimum atomic E-state index is -0.654. The van der Waals surface area contributed by atoms with Crippen molar-refractivity contribution in [3.05, 3.63) is 69.3 Å². The first-order valence-corrected chi connectivity index (χ1v) is 10.4. The van der Waals surface area contributed by atoms with E-state index in [-0.39, 0.29) is 23.1 Å². The van der Waals surface area contributed by atoms with E-state index in [2.05, 4.69) is 0 Å². The van der Waals surface area contributed by atoms with Crippen LogP contribution in [0.5, 0.6) is 0 Å². The van der Waals surface area contributed by atoms with E-state index >= 15 is 0 Å². The molecule has 1 aromatic heterocycles. The molecule has 3 aromatic rings. The number of nitro benzene ring substituents is 1. The van der Waals surface area contributed by atoms with Crippen molar-refractivity contribution in [3.63, 3.8) is 0 Å². The molecule has 2 aromatic carbocycles. The average Bonchev–Trinajstić information content (AvgIpc) is 3.23. The van der Waals surface area contributed by atoms with Crippen LogP contribution in [0.25, 0.3) is 10.1 Å². The van der Waals surface area contributed by atoms with Gasteiger partial charge in [0.1, 0.15) is 10.7 Å². The van der Waals surface area contributed by atoms with E-state index in [9.17, 15) is 24.1 Å². The molecule has 8 nitrogen and oxygen atoms in total. The van der Waals surface area contributed by atoms with Gasteiger partial charge < -0.3 is 14.5 Å². The number of piperazine rings is 1. The fourth-order valence-corrected chi connectivity index (χ4v) is 4.38. The molecule has 1 amide bonds. The second-order valence-corrected chi connectivity index (χ2v) is 8.06. The quantitative estimate of drug-likeness (QED) is 0.341. The van der Waals surface area contributed by atoms with Gasteiger partial charge in [-0.3, -0.25) is 14.9 Å². The summed E-state index contributed by atoms with van der Waals surface area (Å²) in [5.74, 6) is -1.36. The monoisotopic (exact) mass is 443 g/mol. The van der Waals surface area contributed by atoms with Gasteiger partial charge in [-0.1, -0.05) is 6.07 Å². The van der Waals surface area contributed by atoms with Gasteiger partial charge in [-0.2, -0.15) is 0 Å². The van der Waals surface area contributed by atoms with Crippen LogP contribution >= 0.6 is 11.3 Å². The molecule has 4 rings (SSSR count). The minimum absolute atomic E-state index is 0.0285. The predicted octanol–water partition coefficient (Wildman–Crippen LogP) is 3.45. The molecule has 10 heteroatoms. The number of nitrogens with zero attached hydrogens (tertiary/aromatic N) is 3. The van der Waals surface area contributed by atoms with Gasteiger partial charge in [0.15, 0.2) is 6.61 Å². The zero-order valence-corrected chi connectivity index (χ0v) is 17.1. The van der Waals surface area contributed by atoms with E-state index in [0.29, 0.717) is 36.3 Å². The third kappa shape index (κ3) is 4.48. The van der Waals surface area contributed by atoms with Crippen molar-refractivity contribution in [3.8, 4) is 0 Å². The highest BCUT2D eigenvalue weighted by Gasteiger charge is 2.23. The van der Waals surface area contributed by atoms with E-state index in [1.54, 1.807) is 29.2 Å². The summed E-state index contributed by atoms with van der Waals surface area (Å²) in [6, 6.07) is 12.3. The van der Waals surface area contributed by atoms with Crippen LogP contribution in [0, 0.1) is 15.9 Å². The lowest BCUT2D eigenvalue weighted by atomic mass is 10.2. The molecule has 0 bridgehead atoms. The third-order valence-electron chi connectivity index (χ3n) is 5.09. The zero-order valence-electron chi connectivity index (χ0n) is 16.3. The predicted molar refractivity (Wildman–Crippen MR) is 114 cm³/mol. The maximum absolute atomic E-state index is 13.8. The third-order valence-corrected chi connectivity index (χ3v) is 6.17. The molecule has 2 heterocycles. The molecule has 0 saturated carbocycles. The number of ether oxygens (including phenoxy) is 1. The van der Waals surface area contributed by atoms with Crippen molar-refractivity contribution in [2.24, 2.45) is 0 Å². The molecule has 0 unspecified atom stereocenters. The molecule has 0 N–H and O–H groups in total. The zero-order chi connectivity index (χ0) is 22.0. The molecular formula is C21H18FN3O5S. The van der Waals surface area contributed by atoms with Crippen LogP contribution in [-0.2, 0) is 9.53 Å². The largest absolute Gasteiger partial charge is 0.451 e. The number of hydrogen-bond donors (Lipinski definition) is 0. The number of non-ortho nitro benzene ring substituents is 1. The van der Waals surface area contributed by atoms with Gasteiger partial charge in [0.2, 0.25) is 0 Å². The summed E-state index contributed by atoms with van der Waals surface area (Å²) in [5, 5.41) is 11.1. The lowest BCUT2D eigenvalue weighted by Crippen LogP contribution is -2.49. The Morgan fingerprint density at radius 3 is 2.45 bits per heavy atom. The molecule has 0 radical (unpaired) electrons. The number of halogens is 1. The fourth-order valence-electron chi connectivity index (χ4n) is 3.41. The van der Waals surface area contributed by atoms with Crippen molar-refractivity contribution in [1.29, 1.82) is 0 Å². The molecule has 0 spiro atoms. The van der Waals surface area contributed by atoms with Gasteiger partial charge in [-0.15, -0.1) is 11.3 Å². The first kappa shape index (κ1) is 20.7. The normalized spacial score (nSPS) is 14.0. The number of thiophene rings is 1. The number of amides is 1. The number of hydrogen-bond acceptors (Lipinski definition) is 7. The number of esters is 1. The molecule has 0 aliphatic carbocycles. The fraction of sp³-hybridized carbons (Fsp3) is 0.238. The van der Waals surface area contributed by atoms with Crippen LogP contribution in [0.2, 0.25) is 0 Å². The number of carbonyl (C=O) groups is 2. The van der Waals surface area contributed by atoms with Crippen LogP contribution in [0.4, 0.5) is 15.8 Å². The standard InChI is InChI=1S/C21H18FN3O5S/c22-17-2-1-3-18-16(17)12-19(31-18)21(27)30-13-20(26)24-10-8-23(9-11-24)14-4-6-15(7-5-14)25(28)29/h1-7,12H,8-11,13H2. The Hall–Kier alpha value is -3.53. The second kappa shape index (κ2) is 8.68. The topological polar surface area (TPSA) is 93.0 Å². The van der Waals surface area contributed by atoms with Crippen molar-refractivity contribution in [1.82, 2.24) is 4.90 Å². The first-order chi connectivity index (χ1) is 14.9. The summed E-state index contributed by atoms with van der Waals surface area (Å²) in [6.07, 6.45) is 0. The van der Waals surface area contributed by atoms with E-state index in [1.165, 1.54) is 24.3 Å². The van der Waals surface area contributed by atoms with Gasteiger partial charge in [0.25, 0.3) is 11.6 Å². The summed E-state index contributed by atoms with van der Waals surface area (Å²) < 4.78 is 19.6. The van der Waals surface area contributed by atoms with Crippen LogP contribution in [0.3, 0.4) is 0 Å². The summed E-state index contributed by atoms with van der Waals surface area (Å²) in [4.78, 5) is 38.9. The summed E-state index contributed by atoms with van der Waals surface area (Å²) in [5.41, 5.74) is 0.877. The first-order valence-electron chi connectivity index (χ1n) is 9.55. The van der Waals surface area contributed by atoms with Crippen molar-refractivity contribution in [2.45, 2.75) is 0 Å². The SMILES string of the molecule is O=C(OCC(=O)N1CCN(c2ccc([N+](=O)[O-])cc2)CC1)c1cc2c(F)cccc2s1. The number of rotatable bonds is 5. The molecule has 160 valence electrons. The average molecular weight is 443 g/mol. The van der Waals surface area contributed by atoms with E-state index < -0.39 is 16.7 Å². The second-order valence-electron chi connectivity index (χ2n) is 6.98. The lowest BCUT2D eigenvalue weighted by molar-refractivity contribution is -0.384. The highest BCUT2D eigenvalue weighted by molar-refractivity contribution is 7.20. The van der Waals surface area contributed by atoms with Gasteiger partial charge >= 0.3 is 5.97 Å². The van der Waals surface area contributed by atoms with Gasteiger partial charge in [0.05, 0.1) is 4.92 Å². The highest BCUT2D eigenvalue weighted by atomic mass is 32.1. The summed E-state index contributed by atoms with van der Waals surface area (Å²) in [7, 11) is 0.